The Balaban J connectivity index is 1.44. The van der Waals surface area contributed by atoms with E-state index < -0.39 is 11.7 Å². The Bertz CT molecular complexity index is 1000. The number of rotatable bonds is 8. The first kappa shape index (κ1) is 22.0. The summed E-state index contributed by atoms with van der Waals surface area (Å²) in [5, 5.41) is 7.64. The van der Waals surface area contributed by atoms with Gasteiger partial charge in [-0.3, -0.25) is 9.59 Å². The van der Waals surface area contributed by atoms with Crippen LogP contribution < -0.4 is 10.6 Å². The number of anilines is 1. The molecule has 2 N–H and O–H groups in total. The van der Waals surface area contributed by atoms with Gasteiger partial charge in [-0.15, -0.1) is 22.7 Å². The van der Waals surface area contributed by atoms with Gasteiger partial charge < -0.3 is 10.6 Å². The van der Waals surface area contributed by atoms with E-state index in [0.717, 1.165) is 17.0 Å². The summed E-state index contributed by atoms with van der Waals surface area (Å²) in [5.74, 6) is -0.398. The third-order valence-electron chi connectivity index (χ3n) is 4.04. The number of hydrogen-bond acceptors (Lipinski definition) is 5. The zero-order chi connectivity index (χ0) is 21.6. The van der Waals surface area contributed by atoms with Crippen molar-refractivity contribution in [3.8, 4) is 0 Å². The quantitative estimate of drug-likeness (QED) is 0.474. The summed E-state index contributed by atoms with van der Waals surface area (Å²) in [7, 11) is 0. The van der Waals surface area contributed by atoms with E-state index in [1.807, 2.05) is 5.38 Å². The maximum atomic E-state index is 12.8. The number of thiophene rings is 1. The molecule has 3 aromatic rings. The van der Waals surface area contributed by atoms with Crippen LogP contribution in [0.2, 0.25) is 0 Å². The fourth-order valence-corrected chi connectivity index (χ4v) is 4.14. The fraction of sp³-hybridized carbons (Fsp3) is 0.250. The number of nitrogens with zero attached hydrogens (tertiary/aromatic N) is 1. The van der Waals surface area contributed by atoms with Crippen molar-refractivity contribution in [3.05, 3.63) is 68.9 Å². The van der Waals surface area contributed by atoms with Gasteiger partial charge >= 0.3 is 6.18 Å². The number of aromatic nitrogens is 1. The third kappa shape index (κ3) is 6.39. The number of halogens is 3. The molecule has 0 aliphatic heterocycles. The summed E-state index contributed by atoms with van der Waals surface area (Å²) < 4.78 is 38.5. The SMILES string of the molecule is O=C(CCCNC(=O)c1cccs1)Nc1ncc(Cc2cccc(C(F)(F)F)c2)s1. The standard InChI is InChI=1S/C20H18F3N3O2S2/c21-20(22,23)14-5-1-4-13(10-14)11-15-12-25-19(30-15)26-17(27)7-2-8-24-18(28)16-6-3-9-29-16/h1,3-6,9-10,12H,2,7-8,11H2,(H,24,28)(H,25,26,27). The van der Waals surface area contributed by atoms with Crippen LogP contribution in [0.15, 0.2) is 48.0 Å². The van der Waals surface area contributed by atoms with E-state index in [-0.39, 0.29) is 18.2 Å². The van der Waals surface area contributed by atoms with Gasteiger partial charge in [0.25, 0.3) is 5.91 Å². The van der Waals surface area contributed by atoms with Gasteiger partial charge in [-0.25, -0.2) is 4.98 Å². The Kier molecular flexibility index (Phi) is 7.22. The molecule has 1 aromatic carbocycles. The van der Waals surface area contributed by atoms with Gasteiger partial charge in [0, 0.05) is 30.5 Å². The molecule has 3 rings (SSSR count). The molecular formula is C20H18F3N3O2S2. The molecule has 0 atom stereocenters. The zero-order valence-electron chi connectivity index (χ0n) is 15.7. The summed E-state index contributed by atoms with van der Waals surface area (Å²) in [6.07, 6.45) is -1.85. The average molecular weight is 454 g/mol. The molecule has 0 aliphatic rings. The average Bonchev–Trinajstić information content (AvgIpc) is 3.37. The Morgan fingerprint density at radius 1 is 1.13 bits per heavy atom. The molecule has 0 saturated heterocycles. The lowest BCUT2D eigenvalue weighted by Gasteiger charge is -2.07. The van der Waals surface area contributed by atoms with E-state index in [1.165, 1.54) is 28.7 Å². The molecule has 30 heavy (non-hydrogen) atoms. The van der Waals surface area contributed by atoms with Crippen molar-refractivity contribution < 1.29 is 22.8 Å². The predicted molar refractivity (Wildman–Crippen MR) is 111 cm³/mol. The number of carbonyl (C=O) groups excluding carboxylic acids is 2. The Labute approximate surface area is 179 Å². The number of hydrogen-bond donors (Lipinski definition) is 2. The second-order valence-corrected chi connectivity index (χ2v) is 8.45. The van der Waals surface area contributed by atoms with E-state index in [0.29, 0.717) is 35.0 Å². The van der Waals surface area contributed by atoms with Crippen LogP contribution in [-0.4, -0.2) is 23.3 Å². The van der Waals surface area contributed by atoms with E-state index in [9.17, 15) is 22.8 Å². The molecular weight excluding hydrogens is 435 g/mol. The number of thiazole rings is 1. The molecule has 158 valence electrons. The lowest BCUT2D eigenvalue weighted by atomic mass is 10.1. The van der Waals surface area contributed by atoms with E-state index in [1.54, 1.807) is 24.4 Å². The molecule has 0 fully saturated rings. The summed E-state index contributed by atoms with van der Waals surface area (Å²) in [6.45, 7) is 0.378. The second-order valence-electron chi connectivity index (χ2n) is 6.39. The lowest BCUT2D eigenvalue weighted by Crippen LogP contribution is -2.24. The van der Waals surface area contributed by atoms with Crippen molar-refractivity contribution in [1.82, 2.24) is 10.3 Å². The van der Waals surface area contributed by atoms with Crippen LogP contribution in [0.4, 0.5) is 18.3 Å². The van der Waals surface area contributed by atoms with E-state index >= 15 is 0 Å². The first-order valence-corrected chi connectivity index (χ1v) is 10.7. The summed E-state index contributed by atoms with van der Waals surface area (Å²) >= 11 is 2.57. The van der Waals surface area contributed by atoms with Crippen molar-refractivity contribution in [1.29, 1.82) is 0 Å². The molecule has 10 heteroatoms. The maximum absolute atomic E-state index is 12.8. The normalized spacial score (nSPS) is 11.3. The van der Waals surface area contributed by atoms with E-state index in [2.05, 4.69) is 15.6 Å². The largest absolute Gasteiger partial charge is 0.416 e. The molecule has 0 radical (unpaired) electrons. The van der Waals surface area contributed by atoms with Crippen LogP contribution >= 0.6 is 22.7 Å². The number of alkyl halides is 3. The highest BCUT2D eigenvalue weighted by molar-refractivity contribution is 7.15. The zero-order valence-corrected chi connectivity index (χ0v) is 17.3. The first-order chi connectivity index (χ1) is 14.3. The van der Waals surface area contributed by atoms with Gasteiger partial charge in [0.15, 0.2) is 5.13 Å². The minimum absolute atomic E-state index is 0.162. The minimum Gasteiger partial charge on any atom is -0.351 e. The molecule has 0 saturated carbocycles. The molecule has 2 amide bonds. The third-order valence-corrected chi connectivity index (χ3v) is 5.83. The van der Waals surface area contributed by atoms with Crippen LogP contribution in [0.1, 0.15) is 38.5 Å². The predicted octanol–water partition coefficient (Wildman–Crippen LogP) is 4.96. The van der Waals surface area contributed by atoms with Crippen LogP contribution in [-0.2, 0) is 17.4 Å². The highest BCUT2D eigenvalue weighted by atomic mass is 32.1. The fourth-order valence-electron chi connectivity index (χ4n) is 2.63. The Hall–Kier alpha value is -2.72. The summed E-state index contributed by atoms with van der Waals surface area (Å²) in [6, 6.07) is 8.67. The molecule has 2 heterocycles. The molecule has 0 spiro atoms. The monoisotopic (exact) mass is 453 g/mol. The minimum atomic E-state index is -4.38. The van der Waals surface area contributed by atoms with Gasteiger partial charge in [0.1, 0.15) is 0 Å². The van der Waals surface area contributed by atoms with Crippen LogP contribution in [0.3, 0.4) is 0 Å². The van der Waals surface area contributed by atoms with E-state index in [4.69, 9.17) is 0 Å². The topological polar surface area (TPSA) is 71.1 Å². The maximum Gasteiger partial charge on any atom is 0.416 e. The number of carbonyl (C=O) groups is 2. The Morgan fingerprint density at radius 3 is 2.70 bits per heavy atom. The van der Waals surface area contributed by atoms with Crippen LogP contribution in [0.5, 0.6) is 0 Å². The van der Waals surface area contributed by atoms with Crippen molar-refractivity contribution in [3.63, 3.8) is 0 Å². The summed E-state index contributed by atoms with van der Waals surface area (Å²) in [5.41, 5.74) is -0.169. The van der Waals surface area contributed by atoms with Gasteiger partial charge in [0.05, 0.1) is 10.4 Å². The highest BCUT2D eigenvalue weighted by Gasteiger charge is 2.30. The smallest absolute Gasteiger partial charge is 0.351 e. The highest BCUT2D eigenvalue weighted by Crippen LogP contribution is 2.30. The molecule has 0 aliphatic carbocycles. The number of amides is 2. The summed E-state index contributed by atoms with van der Waals surface area (Å²) in [4.78, 5) is 29.3. The van der Waals surface area contributed by atoms with Gasteiger partial charge in [-0.05, 0) is 29.5 Å². The number of benzene rings is 1. The molecule has 0 bridgehead atoms. The van der Waals surface area contributed by atoms with Crippen molar-refractivity contribution in [2.24, 2.45) is 0 Å². The van der Waals surface area contributed by atoms with Gasteiger partial charge in [0.2, 0.25) is 5.91 Å². The first-order valence-electron chi connectivity index (χ1n) is 9.03. The molecule has 5 nitrogen and oxygen atoms in total. The van der Waals surface area contributed by atoms with Crippen LogP contribution in [0, 0.1) is 0 Å². The van der Waals surface area contributed by atoms with Crippen molar-refractivity contribution in [2.45, 2.75) is 25.4 Å². The number of nitrogens with one attached hydrogen (secondary N) is 2. The van der Waals surface area contributed by atoms with Gasteiger partial charge in [-0.1, -0.05) is 24.3 Å². The molecule has 0 unspecified atom stereocenters. The van der Waals surface area contributed by atoms with Gasteiger partial charge in [-0.2, -0.15) is 13.2 Å². The van der Waals surface area contributed by atoms with Crippen LogP contribution in [0.25, 0.3) is 0 Å². The van der Waals surface area contributed by atoms with Crippen molar-refractivity contribution in [2.75, 3.05) is 11.9 Å². The molecule has 2 aromatic heterocycles. The second kappa shape index (κ2) is 9.86. The van der Waals surface area contributed by atoms with Crippen molar-refractivity contribution >= 4 is 39.6 Å². The Morgan fingerprint density at radius 2 is 1.97 bits per heavy atom. The lowest BCUT2D eigenvalue weighted by molar-refractivity contribution is -0.137.